The van der Waals surface area contributed by atoms with E-state index in [1.54, 1.807) is 6.92 Å². The van der Waals surface area contributed by atoms with Crippen LogP contribution in [0.15, 0.2) is 34.7 Å². The minimum Gasteiger partial charge on any atom is -0.462 e. The topological polar surface area (TPSA) is 73.2 Å². The summed E-state index contributed by atoms with van der Waals surface area (Å²) in [5.74, 6) is -0.690. The monoisotopic (exact) mass is 325 g/mol. The predicted molar refractivity (Wildman–Crippen MR) is 84.5 cm³/mol. The van der Waals surface area contributed by atoms with Crippen molar-refractivity contribution in [3.8, 4) is 0 Å². The van der Waals surface area contributed by atoms with Gasteiger partial charge in [-0.25, -0.2) is 14.5 Å². The second-order valence-electron chi connectivity index (χ2n) is 3.91. The van der Waals surface area contributed by atoms with Gasteiger partial charge < -0.3 is 4.74 Å². The smallest absolute Gasteiger partial charge is 0.343 e. The van der Waals surface area contributed by atoms with Gasteiger partial charge in [-0.15, -0.1) is 12.6 Å². The summed E-state index contributed by atoms with van der Waals surface area (Å²) < 4.78 is 6.29. The standard InChI is InChI=1S/C13H12ClN3O3S/c1-2-20-13(19)9-7-17(15-5-6-21)12-8(11(9)18)3-4-10(14)16-12/h3-7,15,21H,2H2,1H3/b6-5-. The zero-order valence-electron chi connectivity index (χ0n) is 11.0. The number of carbonyl (C=O) groups excluding carboxylic acids is 1. The fourth-order valence-electron chi connectivity index (χ4n) is 1.75. The number of thiol groups is 1. The lowest BCUT2D eigenvalue weighted by atomic mass is 10.2. The van der Waals surface area contributed by atoms with Gasteiger partial charge in [-0.2, -0.15) is 0 Å². The first kappa shape index (κ1) is 15.4. The van der Waals surface area contributed by atoms with Gasteiger partial charge in [0.1, 0.15) is 10.7 Å². The highest BCUT2D eigenvalue weighted by Gasteiger charge is 2.17. The zero-order valence-corrected chi connectivity index (χ0v) is 12.7. The van der Waals surface area contributed by atoms with Crippen LogP contribution in [0, 0.1) is 0 Å². The molecule has 6 nitrogen and oxygen atoms in total. The number of ether oxygens (including phenoxy) is 1. The van der Waals surface area contributed by atoms with Crippen LogP contribution in [0.5, 0.6) is 0 Å². The van der Waals surface area contributed by atoms with Crippen LogP contribution in [0.2, 0.25) is 5.15 Å². The van der Waals surface area contributed by atoms with E-state index < -0.39 is 11.4 Å². The van der Waals surface area contributed by atoms with E-state index in [1.165, 1.54) is 34.6 Å². The van der Waals surface area contributed by atoms with Crippen molar-refractivity contribution in [1.82, 2.24) is 9.66 Å². The normalized spacial score (nSPS) is 11.0. The van der Waals surface area contributed by atoms with Crippen LogP contribution in [-0.2, 0) is 4.74 Å². The van der Waals surface area contributed by atoms with E-state index in [-0.39, 0.29) is 22.7 Å². The highest BCUT2D eigenvalue weighted by Crippen LogP contribution is 2.13. The molecule has 0 aliphatic heterocycles. The van der Waals surface area contributed by atoms with Crippen molar-refractivity contribution in [2.75, 3.05) is 12.0 Å². The largest absolute Gasteiger partial charge is 0.462 e. The lowest BCUT2D eigenvalue weighted by Crippen LogP contribution is -2.23. The Balaban J connectivity index is 2.72. The Bertz CT molecular complexity index is 773. The number of nitrogens with one attached hydrogen (secondary N) is 1. The molecule has 21 heavy (non-hydrogen) atoms. The highest BCUT2D eigenvalue weighted by molar-refractivity contribution is 7.83. The van der Waals surface area contributed by atoms with Gasteiger partial charge in [0.15, 0.2) is 5.65 Å². The van der Waals surface area contributed by atoms with Gasteiger partial charge in [0, 0.05) is 12.4 Å². The number of hydrogen-bond donors (Lipinski definition) is 2. The van der Waals surface area contributed by atoms with Gasteiger partial charge in [-0.05, 0) is 24.5 Å². The molecule has 0 fully saturated rings. The van der Waals surface area contributed by atoms with E-state index in [2.05, 4.69) is 23.0 Å². The Morgan fingerprint density at radius 1 is 1.57 bits per heavy atom. The summed E-state index contributed by atoms with van der Waals surface area (Å²) in [7, 11) is 0. The fourth-order valence-corrected chi connectivity index (χ4v) is 1.96. The lowest BCUT2D eigenvalue weighted by Gasteiger charge is -2.11. The number of hydrogen-bond acceptors (Lipinski definition) is 6. The molecule has 0 aliphatic rings. The van der Waals surface area contributed by atoms with Crippen molar-refractivity contribution in [3.05, 3.63) is 50.9 Å². The molecular weight excluding hydrogens is 314 g/mol. The first-order valence-electron chi connectivity index (χ1n) is 6.03. The molecule has 110 valence electrons. The molecule has 0 aliphatic carbocycles. The molecule has 0 atom stereocenters. The molecule has 8 heteroatoms. The fraction of sp³-hybridized carbons (Fsp3) is 0.154. The first-order chi connectivity index (χ1) is 10.1. The third-order valence-electron chi connectivity index (χ3n) is 2.60. The van der Waals surface area contributed by atoms with Crippen LogP contribution in [0.3, 0.4) is 0 Å². The minimum absolute atomic E-state index is 0.0893. The summed E-state index contributed by atoms with van der Waals surface area (Å²) in [5, 5.41) is 1.94. The number of pyridine rings is 2. The van der Waals surface area contributed by atoms with Gasteiger partial charge in [0.05, 0.1) is 12.0 Å². The number of aromatic nitrogens is 2. The third kappa shape index (κ3) is 3.20. The molecule has 2 rings (SSSR count). The molecule has 1 N–H and O–H groups in total. The van der Waals surface area contributed by atoms with E-state index in [0.717, 1.165) is 0 Å². The second-order valence-corrected chi connectivity index (χ2v) is 4.60. The maximum Gasteiger partial charge on any atom is 0.343 e. The SMILES string of the molecule is CCOC(=O)c1cn(N/C=C\S)c2nc(Cl)ccc2c1=O. The van der Waals surface area contributed by atoms with Gasteiger partial charge in [-0.1, -0.05) is 11.6 Å². The van der Waals surface area contributed by atoms with Crippen molar-refractivity contribution in [3.63, 3.8) is 0 Å². The lowest BCUT2D eigenvalue weighted by molar-refractivity contribution is 0.0524. The molecule has 0 bridgehead atoms. The quantitative estimate of drug-likeness (QED) is 0.512. The number of halogens is 1. The third-order valence-corrected chi connectivity index (χ3v) is 2.96. The number of fused-ring (bicyclic) bond motifs is 1. The summed E-state index contributed by atoms with van der Waals surface area (Å²) in [5.41, 5.74) is 2.57. The number of rotatable bonds is 4. The van der Waals surface area contributed by atoms with Crippen molar-refractivity contribution in [2.45, 2.75) is 6.92 Å². The summed E-state index contributed by atoms with van der Waals surface area (Å²) >= 11 is 9.78. The molecule has 0 aromatic carbocycles. The van der Waals surface area contributed by atoms with Crippen LogP contribution in [0.1, 0.15) is 17.3 Å². The Morgan fingerprint density at radius 2 is 2.33 bits per heavy atom. The Kier molecular flexibility index (Phi) is 4.87. The summed E-state index contributed by atoms with van der Waals surface area (Å²) in [6.07, 6.45) is 2.82. The molecule has 0 unspecified atom stereocenters. The van der Waals surface area contributed by atoms with Crippen LogP contribution >= 0.6 is 24.2 Å². The van der Waals surface area contributed by atoms with E-state index in [9.17, 15) is 9.59 Å². The van der Waals surface area contributed by atoms with Crippen LogP contribution in [0.4, 0.5) is 0 Å². The van der Waals surface area contributed by atoms with E-state index in [4.69, 9.17) is 16.3 Å². The maximum absolute atomic E-state index is 12.3. The molecule has 0 spiro atoms. The minimum atomic E-state index is -0.690. The van der Waals surface area contributed by atoms with Gasteiger partial charge in [0.2, 0.25) is 5.43 Å². The van der Waals surface area contributed by atoms with Gasteiger partial charge >= 0.3 is 5.97 Å². The van der Waals surface area contributed by atoms with Gasteiger partial charge in [0.25, 0.3) is 0 Å². The van der Waals surface area contributed by atoms with Crippen LogP contribution in [-0.4, -0.2) is 22.2 Å². The summed E-state index contributed by atoms with van der Waals surface area (Å²) in [6, 6.07) is 3.00. The predicted octanol–water partition coefficient (Wildman–Crippen LogP) is 2.17. The molecule has 0 saturated carbocycles. The Morgan fingerprint density at radius 3 is 3.00 bits per heavy atom. The van der Waals surface area contributed by atoms with E-state index >= 15 is 0 Å². The van der Waals surface area contributed by atoms with Crippen molar-refractivity contribution in [2.24, 2.45) is 0 Å². The second kappa shape index (κ2) is 6.64. The molecule has 2 aromatic heterocycles. The zero-order chi connectivity index (χ0) is 15.4. The molecule has 2 heterocycles. The first-order valence-corrected chi connectivity index (χ1v) is 6.92. The Labute approximate surface area is 130 Å². The average Bonchev–Trinajstić information content (AvgIpc) is 2.46. The number of carbonyl (C=O) groups is 1. The molecular formula is C13H12ClN3O3S. The number of nitrogens with zero attached hydrogens (tertiary/aromatic N) is 2. The number of esters is 1. The summed E-state index contributed by atoms with van der Waals surface area (Å²) in [4.78, 5) is 28.3. The Hall–Kier alpha value is -1.99. The summed E-state index contributed by atoms with van der Waals surface area (Å²) in [6.45, 7) is 1.85. The highest BCUT2D eigenvalue weighted by atomic mass is 35.5. The molecule has 0 amide bonds. The molecule has 0 radical (unpaired) electrons. The van der Waals surface area contributed by atoms with E-state index in [0.29, 0.717) is 5.65 Å². The average molecular weight is 326 g/mol. The van der Waals surface area contributed by atoms with Crippen molar-refractivity contribution >= 4 is 41.2 Å². The van der Waals surface area contributed by atoms with Crippen LogP contribution < -0.4 is 10.9 Å². The maximum atomic E-state index is 12.3. The molecule has 2 aromatic rings. The van der Waals surface area contributed by atoms with Crippen molar-refractivity contribution in [1.29, 1.82) is 0 Å². The van der Waals surface area contributed by atoms with E-state index in [1.807, 2.05) is 0 Å². The van der Waals surface area contributed by atoms with Crippen molar-refractivity contribution < 1.29 is 9.53 Å². The molecule has 0 saturated heterocycles. The van der Waals surface area contributed by atoms with Crippen LogP contribution in [0.25, 0.3) is 11.0 Å². The van der Waals surface area contributed by atoms with Gasteiger partial charge in [-0.3, -0.25) is 10.2 Å².